The summed E-state index contributed by atoms with van der Waals surface area (Å²) in [5.41, 5.74) is 5.56. The van der Waals surface area contributed by atoms with Crippen LogP contribution in [0.15, 0.2) is 12.5 Å². The fourth-order valence-electron chi connectivity index (χ4n) is 0.754. The molecular weight excluding hydrogens is 182 g/mol. The van der Waals surface area contributed by atoms with Crippen molar-refractivity contribution in [3.63, 3.8) is 0 Å². The minimum Gasteiger partial charge on any atom is -0.446 e. The van der Waals surface area contributed by atoms with Crippen LogP contribution in [-0.4, -0.2) is 22.0 Å². The molecule has 0 fully saturated rings. The number of esters is 1. The Hall–Kier alpha value is -2.09. The van der Waals surface area contributed by atoms with Gasteiger partial charge in [0.1, 0.15) is 17.7 Å². The Morgan fingerprint density at radius 1 is 1.79 bits per heavy atom. The third kappa shape index (κ3) is 2.20. The molecule has 0 amide bonds. The SMILES string of the molecule is C#CC(C)OC(=O)c1cncnc1N. The molecule has 0 aromatic carbocycles. The van der Waals surface area contributed by atoms with Crippen LogP contribution < -0.4 is 5.73 Å². The molecule has 1 atom stereocenters. The predicted octanol–water partition coefficient (Wildman–Crippen LogP) is 0.237. The number of terminal acetylenes is 1. The molecule has 1 unspecified atom stereocenters. The fourth-order valence-corrected chi connectivity index (χ4v) is 0.754. The van der Waals surface area contributed by atoms with Gasteiger partial charge in [0.15, 0.2) is 6.10 Å². The average molecular weight is 191 g/mol. The molecule has 0 aliphatic heterocycles. The first-order valence-electron chi connectivity index (χ1n) is 3.87. The smallest absolute Gasteiger partial charge is 0.344 e. The van der Waals surface area contributed by atoms with E-state index in [1.54, 1.807) is 6.92 Å². The molecule has 0 spiro atoms. The van der Waals surface area contributed by atoms with Crippen LogP contribution >= 0.6 is 0 Å². The van der Waals surface area contributed by atoms with Crippen molar-refractivity contribution in [1.82, 2.24) is 9.97 Å². The summed E-state index contributed by atoms with van der Waals surface area (Å²) in [4.78, 5) is 18.7. The maximum absolute atomic E-state index is 11.4. The van der Waals surface area contributed by atoms with Gasteiger partial charge in [-0.3, -0.25) is 0 Å². The summed E-state index contributed by atoms with van der Waals surface area (Å²) in [6, 6.07) is 0. The van der Waals surface area contributed by atoms with Crippen molar-refractivity contribution in [3.8, 4) is 12.3 Å². The number of carbonyl (C=O) groups is 1. The lowest BCUT2D eigenvalue weighted by Crippen LogP contribution is -2.15. The van der Waals surface area contributed by atoms with E-state index in [9.17, 15) is 4.79 Å². The Balaban J connectivity index is 2.81. The molecule has 5 nitrogen and oxygen atoms in total. The summed E-state index contributed by atoms with van der Waals surface area (Å²) < 4.78 is 4.83. The Bertz CT molecular complexity index is 384. The van der Waals surface area contributed by atoms with E-state index in [0.29, 0.717) is 0 Å². The zero-order valence-electron chi connectivity index (χ0n) is 7.60. The van der Waals surface area contributed by atoms with Crippen molar-refractivity contribution in [3.05, 3.63) is 18.1 Å². The molecule has 2 N–H and O–H groups in total. The van der Waals surface area contributed by atoms with E-state index < -0.39 is 12.1 Å². The highest BCUT2D eigenvalue weighted by Crippen LogP contribution is 2.08. The van der Waals surface area contributed by atoms with E-state index >= 15 is 0 Å². The lowest BCUT2D eigenvalue weighted by molar-refractivity contribution is 0.0439. The molecule has 0 saturated heterocycles. The zero-order valence-corrected chi connectivity index (χ0v) is 7.60. The normalized spacial score (nSPS) is 11.4. The van der Waals surface area contributed by atoms with Crippen molar-refractivity contribution >= 4 is 11.8 Å². The third-order valence-electron chi connectivity index (χ3n) is 1.48. The summed E-state index contributed by atoms with van der Waals surface area (Å²) in [6.07, 6.45) is 6.98. The maximum Gasteiger partial charge on any atom is 0.344 e. The molecule has 0 aliphatic rings. The summed E-state index contributed by atoms with van der Waals surface area (Å²) >= 11 is 0. The Morgan fingerprint density at radius 3 is 3.07 bits per heavy atom. The van der Waals surface area contributed by atoms with Crippen molar-refractivity contribution in [2.75, 3.05) is 5.73 Å². The topological polar surface area (TPSA) is 78.1 Å². The fraction of sp³-hybridized carbons (Fsp3) is 0.222. The second-order valence-electron chi connectivity index (χ2n) is 2.54. The number of hydrogen-bond donors (Lipinski definition) is 1. The predicted molar refractivity (Wildman–Crippen MR) is 50.2 cm³/mol. The van der Waals surface area contributed by atoms with Crippen LogP contribution in [0.4, 0.5) is 5.82 Å². The van der Waals surface area contributed by atoms with Gasteiger partial charge in [-0.2, -0.15) is 0 Å². The number of nitrogens with zero attached hydrogens (tertiary/aromatic N) is 2. The summed E-state index contributed by atoms with van der Waals surface area (Å²) in [5, 5.41) is 0. The zero-order chi connectivity index (χ0) is 10.6. The Labute approximate surface area is 81.3 Å². The minimum absolute atomic E-state index is 0.0780. The number of ether oxygens (including phenoxy) is 1. The van der Waals surface area contributed by atoms with Gasteiger partial charge in [0.2, 0.25) is 0 Å². The number of nitrogens with two attached hydrogens (primary N) is 1. The van der Waals surface area contributed by atoms with E-state index in [1.807, 2.05) is 0 Å². The monoisotopic (exact) mass is 191 g/mol. The molecule has 1 aromatic heterocycles. The largest absolute Gasteiger partial charge is 0.446 e. The molecule has 14 heavy (non-hydrogen) atoms. The van der Waals surface area contributed by atoms with E-state index in [4.69, 9.17) is 16.9 Å². The molecule has 0 saturated carbocycles. The van der Waals surface area contributed by atoms with E-state index in [0.717, 1.165) is 0 Å². The Kier molecular flexibility index (Phi) is 3.02. The first-order chi connectivity index (χ1) is 6.65. The number of rotatable bonds is 2. The molecular formula is C9H9N3O2. The molecule has 0 bridgehead atoms. The van der Waals surface area contributed by atoms with Crippen LogP contribution in [0.5, 0.6) is 0 Å². The van der Waals surface area contributed by atoms with Crippen molar-refractivity contribution < 1.29 is 9.53 Å². The molecule has 1 rings (SSSR count). The minimum atomic E-state index is -0.617. The van der Waals surface area contributed by atoms with Crippen LogP contribution in [0, 0.1) is 12.3 Å². The van der Waals surface area contributed by atoms with Gasteiger partial charge in [-0.05, 0) is 6.92 Å². The highest BCUT2D eigenvalue weighted by atomic mass is 16.5. The Morgan fingerprint density at radius 2 is 2.50 bits per heavy atom. The lowest BCUT2D eigenvalue weighted by Gasteiger charge is -2.07. The number of anilines is 1. The van der Waals surface area contributed by atoms with Gasteiger partial charge in [-0.15, -0.1) is 6.42 Å². The van der Waals surface area contributed by atoms with Gasteiger partial charge in [-0.1, -0.05) is 5.92 Å². The van der Waals surface area contributed by atoms with Gasteiger partial charge in [0, 0.05) is 6.20 Å². The van der Waals surface area contributed by atoms with Crippen LogP contribution in [0.3, 0.4) is 0 Å². The van der Waals surface area contributed by atoms with Crippen molar-refractivity contribution in [1.29, 1.82) is 0 Å². The highest BCUT2D eigenvalue weighted by molar-refractivity contribution is 5.93. The second-order valence-corrected chi connectivity index (χ2v) is 2.54. The van der Waals surface area contributed by atoms with E-state index in [2.05, 4.69) is 15.9 Å². The van der Waals surface area contributed by atoms with Gasteiger partial charge >= 0.3 is 5.97 Å². The second kappa shape index (κ2) is 4.23. The van der Waals surface area contributed by atoms with Gasteiger partial charge in [0.05, 0.1) is 0 Å². The lowest BCUT2D eigenvalue weighted by atomic mass is 10.3. The van der Waals surface area contributed by atoms with Crippen LogP contribution in [-0.2, 0) is 4.74 Å². The number of carbonyl (C=O) groups excluding carboxylic acids is 1. The number of nitrogen functional groups attached to an aromatic ring is 1. The average Bonchev–Trinajstić information content (AvgIpc) is 2.18. The first kappa shape index (κ1) is 9.99. The van der Waals surface area contributed by atoms with Crippen molar-refractivity contribution in [2.45, 2.75) is 13.0 Å². The number of hydrogen-bond acceptors (Lipinski definition) is 5. The van der Waals surface area contributed by atoms with Gasteiger partial charge in [0.25, 0.3) is 0 Å². The highest BCUT2D eigenvalue weighted by Gasteiger charge is 2.14. The first-order valence-corrected chi connectivity index (χ1v) is 3.87. The summed E-state index contributed by atoms with van der Waals surface area (Å²) in [7, 11) is 0. The van der Waals surface area contributed by atoms with E-state index in [1.165, 1.54) is 12.5 Å². The molecule has 1 aromatic rings. The van der Waals surface area contributed by atoms with Crippen LogP contribution in [0.2, 0.25) is 0 Å². The summed E-state index contributed by atoms with van der Waals surface area (Å²) in [5.74, 6) is 1.72. The standard InChI is InChI=1S/C9H9N3O2/c1-3-6(2)14-9(13)7-4-11-5-12-8(7)10/h1,4-6H,2H3,(H2,10,11,12). The molecule has 0 aliphatic carbocycles. The quantitative estimate of drug-likeness (QED) is 0.535. The molecule has 72 valence electrons. The van der Waals surface area contributed by atoms with E-state index in [-0.39, 0.29) is 11.4 Å². The van der Waals surface area contributed by atoms with Gasteiger partial charge in [-0.25, -0.2) is 14.8 Å². The molecule has 0 radical (unpaired) electrons. The molecule has 5 heteroatoms. The number of aromatic nitrogens is 2. The maximum atomic E-state index is 11.4. The molecule has 1 heterocycles. The van der Waals surface area contributed by atoms with Crippen LogP contribution in [0.25, 0.3) is 0 Å². The summed E-state index contributed by atoms with van der Waals surface area (Å²) in [6.45, 7) is 1.58. The van der Waals surface area contributed by atoms with Crippen LogP contribution in [0.1, 0.15) is 17.3 Å². The van der Waals surface area contributed by atoms with Gasteiger partial charge < -0.3 is 10.5 Å². The van der Waals surface area contributed by atoms with Crippen molar-refractivity contribution in [2.24, 2.45) is 0 Å². The third-order valence-corrected chi connectivity index (χ3v) is 1.48.